The lowest BCUT2D eigenvalue weighted by atomic mass is 9.90. The molecule has 138 valence electrons. The van der Waals surface area contributed by atoms with Gasteiger partial charge in [-0.1, -0.05) is 13.8 Å². The topological polar surface area (TPSA) is 70.7 Å². The molecule has 2 heterocycles. The van der Waals surface area contributed by atoms with Crippen LogP contribution in [-0.4, -0.2) is 21.5 Å². The van der Waals surface area contributed by atoms with E-state index in [1.165, 1.54) is 16.1 Å². The van der Waals surface area contributed by atoms with Crippen molar-refractivity contribution in [1.82, 2.24) is 14.9 Å². The van der Waals surface area contributed by atoms with Gasteiger partial charge in [0, 0.05) is 39.6 Å². The molecule has 0 bridgehead atoms. The first-order chi connectivity index (χ1) is 13.1. The Hall–Kier alpha value is -2.65. The Morgan fingerprint density at radius 3 is 3.04 bits per heavy atom. The highest BCUT2D eigenvalue weighted by molar-refractivity contribution is 7.09. The van der Waals surface area contributed by atoms with Gasteiger partial charge in [-0.3, -0.25) is 9.78 Å². The lowest BCUT2D eigenvalue weighted by Gasteiger charge is -2.25. The number of carbonyl (C=O) groups is 1. The first kappa shape index (κ1) is 17.7. The third kappa shape index (κ3) is 3.35. The number of hydrogen-bond acceptors (Lipinski definition) is 4. The molecule has 1 aromatic carbocycles. The first-order valence-electron chi connectivity index (χ1n) is 9.28. The zero-order chi connectivity index (χ0) is 19.0. The highest BCUT2D eigenvalue weighted by Crippen LogP contribution is 2.34. The van der Waals surface area contributed by atoms with E-state index >= 15 is 0 Å². The SMILES string of the molecule is CC(C)C(=O)NC1CCc2c(c3cc(C#N)ccc3n2Cc2cncs2)C1. The number of benzene rings is 1. The second-order valence-electron chi connectivity index (χ2n) is 7.43. The third-order valence-electron chi connectivity index (χ3n) is 5.26. The van der Waals surface area contributed by atoms with Crippen LogP contribution in [0.1, 0.15) is 42.0 Å². The smallest absolute Gasteiger partial charge is 0.222 e. The number of hydrogen-bond donors (Lipinski definition) is 1. The second kappa shape index (κ2) is 7.16. The minimum atomic E-state index is -0.00994. The molecule has 1 aliphatic rings. The van der Waals surface area contributed by atoms with E-state index in [0.29, 0.717) is 5.56 Å². The van der Waals surface area contributed by atoms with Crippen LogP contribution in [-0.2, 0) is 24.2 Å². The lowest BCUT2D eigenvalue weighted by molar-refractivity contribution is -0.124. The number of carbonyl (C=O) groups excluding carboxylic acids is 1. The zero-order valence-corrected chi connectivity index (χ0v) is 16.3. The summed E-state index contributed by atoms with van der Waals surface area (Å²) in [6.45, 7) is 4.64. The zero-order valence-electron chi connectivity index (χ0n) is 15.5. The standard InChI is InChI=1S/C21H22N4OS/c1-13(2)21(26)24-15-4-6-20-18(8-15)17-7-14(9-22)3-5-19(17)25(20)11-16-10-23-12-27-16/h3,5,7,10,12-13,15H,4,6,8,11H2,1-2H3,(H,24,26). The summed E-state index contributed by atoms with van der Waals surface area (Å²) < 4.78 is 2.36. The third-order valence-corrected chi connectivity index (χ3v) is 6.03. The van der Waals surface area contributed by atoms with Gasteiger partial charge in [-0.05, 0) is 43.0 Å². The van der Waals surface area contributed by atoms with Crippen molar-refractivity contribution in [3.05, 3.63) is 51.6 Å². The number of thiazole rings is 1. The van der Waals surface area contributed by atoms with Gasteiger partial charge < -0.3 is 9.88 Å². The molecule has 2 aromatic heterocycles. The molecule has 0 saturated heterocycles. The molecule has 0 spiro atoms. The fourth-order valence-corrected chi connectivity index (χ4v) is 4.45. The first-order valence-corrected chi connectivity index (χ1v) is 10.2. The molecule has 6 heteroatoms. The number of rotatable bonds is 4. The predicted molar refractivity (Wildman–Crippen MR) is 107 cm³/mol. The molecule has 4 rings (SSSR count). The fourth-order valence-electron chi connectivity index (χ4n) is 3.87. The van der Waals surface area contributed by atoms with E-state index in [2.05, 4.69) is 27.0 Å². The molecular weight excluding hydrogens is 356 g/mol. The van der Waals surface area contributed by atoms with E-state index in [0.717, 1.165) is 36.7 Å². The summed E-state index contributed by atoms with van der Waals surface area (Å²) in [7, 11) is 0. The van der Waals surface area contributed by atoms with E-state index in [9.17, 15) is 10.1 Å². The maximum atomic E-state index is 12.1. The molecule has 27 heavy (non-hydrogen) atoms. The van der Waals surface area contributed by atoms with Gasteiger partial charge >= 0.3 is 0 Å². The Morgan fingerprint density at radius 2 is 2.33 bits per heavy atom. The summed E-state index contributed by atoms with van der Waals surface area (Å²) >= 11 is 1.66. The molecule has 3 aromatic rings. The Labute approximate surface area is 162 Å². The molecule has 1 amide bonds. The van der Waals surface area contributed by atoms with Crippen molar-refractivity contribution in [1.29, 1.82) is 5.26 Å². The van der Waals surface area contributed by atoms with Crippen LogP contribution in [0.3, 0.4) is 0 Å². The van der Waals surface area contributed by atoms with Gasteiger partial charge in [0.2, 0.25) is 5.91 Å². The fraction of sp³-hybridized carbons (Fsp3) is 0.381. The van der Waals surface area contributed by atoms with E-state index in [1.807, 2.05) is 37.7 Å². The van der Waals surface area contributed by atoms with Crippen LogP contribution in [0.25, 0.3) is 10.9 Å². The number of amides is 1. The maximum Gasteiger partial charge on any atom is 0.222 e. The van der Waals surface area contributed by atoms with Gasteiger partial charge in [-0.25, -0.2) is 0 Å². The van der Waals surface area contributed by atoms with Gasteiger partial charge in [0.25, 0.3) is 0 Å². The van der Waals surface area contributed by atoms with Crippen LogP contribution in [0.5, 0.6) is 0 Å². The highest BCUT2D eigenvalue weighted by Gasteiger charge is 2.27. The van der Waals surface area contributed by atoms with Crippen LogP contribution in [0.2, 0.25) is 0 Å². The van der Waals surface area contributed by atoms with Crippen LogP contribution in [0.15, 0.2) is 29.9 Å². The van der Waals surface area contributed by atoms with Crippen molar-refractivity contribution in [3.8, 4) is 6.07 Å². The van der Waals surface area contributed by atoms with Gasteiger partial charge in [-0.15, -0.1) is 11.3 Å². The number of nitriles is 1. The van der Waals surface area contributed by atoms with Gasteiger partial charge in [0.1, 0.15) is 0 Å². The van der Waals surface area contributed by atoms with Crippen LogP contribution < -0.4 is 5.32 Å². The Kier molecular flexibility index (Phi) is 4.71. The second-order valence-corrected chi connectivity index (χ2v) is 8.40. The minimum Gasteiger partial charge on any atom is -0.353 e. The van der Waals surface area contributed by atoms with Crippen molar-refractivity contribution >= 4 is 28.1 Å². The number of nitrogens with one attached hydrogen (secondary N) is 1. The highest BCUT2D eigenvalue weighted by atomic mass is 32.1. The summed E-state index contributed by atoms with van der Waals surface area (Å²) in [5.74, 6) is 0.0961. The van der Waals surface area contributed by atoms with E-state index in [1.54, 1.807) is 11.3 Å². The molecule has 1 unspecified atom stereocenters. The van der Waals surface area contributed by atoms with Crippen LogP contribution in [0, 0.1) is 17.2 Å². The van der Waals surface area contributed by atoms with Gasteiger partial charge in [0.15, 0.2) is 0 Å². The normalized spacial score (nSPS) is 16.3. The maximum absolute atomic E-state index is 12.1. The number of nitrogens with zero attached hydrogens (tertiary/aromatic N) is 3. The number of aromatic nitrogens is 2. The molecule has 0 radical (unpaired) electrons. The molecule has 1 aliphatic carbocycles. The predicted octanol–water partition coefficient (Wildman–Crippen LogP) is 3.65. The Morgan fingerprint density at radius 1 is 1.48 bits per heavy atom. The summed E-state index contributed by atoms with van der Waals surface area (Å²) in [5.41, 5.74) is 6.28. The average Bonchev–Trinajstić information content (AvgIpc) is 3.28. The molecule has 1 atom stereocenters. The minimum absolute atomic E-state index is 0.00994. The van der Waals surface area contributed by atoms with Gasteiger partial charge in [0.05, 0.1) is 23.7 Å². The van der Waals surface area contributed by atoms with E-state index < -0.39 is 0 Å². The average molecular weight is 379 g/mol. The molecule has 5 nitrogen and oxygen atoms in total. The van der Waals surface area contributed by atoms with Crippen molar-refractivity contribution in [2.75, 3.05) is 0 Å². The summed E-state index contributed by atoms with van der Waals surface area (Å²) in [6.07, 6.45) is 4.60. The number of fused-ring (bicyclic) bond motifs is 3. The molecule has 0 aliphatic heterocycles. The van der Waals surface area contributed by atoms with Crippen molar-refractivity contribution in [2.24, 2.45) is 5.92 Å². The summed E-state index contributed by atoms with van der Waals surface area (Å²) in [5, 5.41) is 13.6. The summed E-state index contributed by atoms with van der Waals surface area (Å²) in [4.78, 5) is 17.6. The molecule has 0 saturated carbocycles. The van der Waals surface area contributed by atoms with Crippen molar-refractivity contribution in [3.63, 3.8) is 0 Å². The van der Waals surface area contributed by atoms with Crippen LogP contribution >= 0.6 is 11.3 Å². The van der Waals surface area contributed by atoms with Crippen molar-refractivity contribution < 1.29 is 4.79 Å². The Bertz CT molecular complexity index is 1030. The van der Waals surface area contributed by atoms with Gasteiger partial charge in [-0.2, -0.15) is 5.26 Å². The van der Waals surface area contributed by atoms with Crippen LogP contribution in [0.4, 0.5) is 0 Å². The Balaban J connectivity index is 1.75. The van der Waals surface area contributed by atoms with E-state index in [-0.39, 0.29) is 17.9 Å². The lowest BCUT2D eigenvalue weighted by Crippen LogP contribution is -2.41. The quantitative estimate of drug-likeness (QED) is 0.753. The van der Waals surface area contributed by atoms with E-state index in [4.69, 9.17) is 0 Å². The summed E-state index contributed by atoms with van der Waals surface area (Å²) in [6, 6.07) is 8.33. The largest absolute Gasteiger partial charge is 0.353 e. The monoisotopic (exact) mass is 378 g/mol. The molecule has 1 N–H and O–H groups in total. The van der Waals surface area contributed by atoms with Crippen molar-refractivity contribution in [2.45, 2.75) is 45.7 Å². The molecule has 0 fully saturated rings. The molecular formula is C21H22N4OS.